The normalized spacial score (nSPS) is 33.6. The van der Waals surface area contributed by atoms with E-state index < -0.39 is 0 Å². The molecule has 106 valence electrons. The molecule has 3 rings (SSSR count). The molecule has 0 amide bonds. The van der Waals surface area contributed by atoms with Crippen molar-refractivity contribution in [1.29, 1.82) is 0 Å². The lowest BCUT2D eigenvalue weighted by Crippen LogP contribution is -2.47. The van der Waals surface area contributed by atoms with Crippen molar-refractivity contribution in [2.75, 3.05) is 13.6 Å². The smallest absolute Gasteiger partial charge is 0.191 e. The van der Waals surface area contributed by atoms with Crippen LogP contribution < -0.4 is 10.6 Å². The van der Waals surface area contributed by atoms with Gasteiger partial charge in [0.05, 0.1) is 18.2 Å². The predicted octanol–water partition coefficient (Wildman–Crippen LogP) is 1.97. The van der Waals surface area contributed by atoms with E-state index in [0.29, 0.717) is 18.2 Å². The number of hydrogen-bond acceptors (Lipinski definition) is 2. The molecule has 2 heterocycles. The highest BCUT2D eigenvalue weighted by atomic mass is 16.5. The average molecular weight is 263 g/mol. The fourth-order valence-electron chi connectivity index (χ4n) is 3.47. The van der Waals surface area contributed by atoms with Gasteiger partial charge in [-0.15, -0.1) is 0 Å². The third kappa shape index (κ3) is 3.11. The zero-order valence-corrected chi connectivity index (χ0v) is 11.8. The molecule has 2 N–H and O–H groups in total. The minimum Gasteiger partial charge on any atom is -0.373 e. The number of fused-ring (bicyclic) bond motifs is 2. The van der Waals surface area contributed by atoms with Crippen LogP contribution in [0.2, 0.25) is 0 Å². The molecular weight excluding hydrogens is 238 g/mol. The molecule has 19 heavy (non-hydrogen) atoms. The Bertz CT molecular complexity index is 378. The third-order valence-electron chi connectivity index (χ3n) is 4.53. The summed E-state index contributed by atoms with van der Waals surface area (Å²) < 4.78 is 5.86. The highest BCUT2D eigenvalue weighted by molar-refractivity contribution is 5.80. The summed E-state index contributed by atoms with van der Waals surface area (Å²) in [7, 11) is 1.85. The standard InChI is InChI=1S/C15H25N3O/c1-16-15(17-9-8-11-4-2-3-5-11)18-13-10-12-6-7-14(13)19-12/h4,12-14H,2-3,5-10H2,1H3,(H2,16,17,18). The number of rotatable bonds is 4. The van der Waals surface area contributed by atoms with Crippen molar-refractivity contribution < 1.29 is 4.74 Å². The number of guanidine groups is 1. The van der Waals surface area contributed by atoms with Gasteiger partial charge in [0.2, 0.25) is 0 Å². The van der Waals surface area contributed by atoms with Crippen LogP contribution in [-0.4, -0.2) is 37.8 Å². The molecule has 0 radical (unpaired) electrons. The molecule has 2 fully saturated rings. The molecular formula is C15H25N3O. The maximum atomic E-state index is 5.86. The van der Waals surface area contributed by atoms with Crippen molar-refractivity contribution in [3.05, 3.63) is 11.6 Å². The molecule has 3 atom stereocenters. The number of nitrogens with zero attached hydrogens (tertiary/aromatic N) is 1. The lowest BCUT2D eigenvalue weighted by molar-refractivity contribution is 0.0992. The molecule has 0 aromatic heterocycles. The number of nitrogens with one attached hydrogen (secondary N) is 2. The quantitative estimate of drug-likeness (QED) is 0.463. The first-order chi connectivity index (χ1) is 9.35. The Hall–Kier alpha value is -1.03. The average Bonchev–Trinajstić information content (AvgIpc) is 3.14. The summed E-state index contributed by atoms with van der Waals surface area (Å²) in [6.45, 7) is 0.979. The second-order valence-corrected chi connectivity index (χ2v) is 5.86. The molecule has 4 heteroatoms. The zero-order valence-electron chi connectivity index (χ0n) is 11.8. The van der Waals surface area contributed by atoms with Crippen LogP contribution in [0.5, 0.6) is 0 Å². The Balaban J connectivity index is 1.41. The third-order valence-corrected chi connectivity index (χ3v) is 4.53. The summed E-state index contributed by atoms with van der Waals surface area (Å²) in [6, 6.07) is 0.454. The number of hydrogen-bond donors (Lipinski definition) is 2. The summed E-state index contributed by atoms with van der Waals surface area (Å²) in [6.07, 6.45) is 11.9. The van der Waals surface area contributed by atoms with E-state index in [2.05, 4.69) is 21.7 Å². The number of aliphatic imine (C=N–C) groups is 1. The molecule has 4 nitrogen and oxygen atoms in total. The molecule has 1 aliphatic carbocycles. The Labute approximate surface area is 115 Å². The summed E-state index contributed by atoms with van der Waals surface area (Å²) in [5.74, 6) is 0.930. The van der Waals surface area contributed by atoms with Crippen LogP contribution >= 0.6 is 0 Å². The molecule has 0 saturated carbocycles. The molecule has 3 unspecified atom stereocenters. The van der Waals surface area contributed by atoms with Crippen LogP contribution in [0, 0.1) is 0 Å². The van der Waals surface area contributed by atoms with Crippen molar-refractivity contribution in [2.45, 2.75) is 63.2 Å². The Morgan fingerprint density at radius 1 is 1.47 bits per heavy atom. The second-order valence-electron chi connectivity index (χ2n) is 5.86. The topological polar surface area (TPSA) is 45.7 Å². The van der Waals surface area contributed by atoms with Crippen molar-refractivity contribution in [2.24, 2.45) is 4.99 Å². The first kappa shape index (κ1) is 13.0. The van der Waals surface area contributed by atoms with Crippen LogP contribution in [0.15, 0.2) is 16.6 Å². The van der Waals surface area contributed by atoms with Gasteiger partial charge in [-0.3, -0.25) is 4.99 Å². The van der Waals surface area contributed by atoms with Crippen LogP contribution in [0.4, 0.5) is 0 Å². The maximum absolute atomic E-state index is 5.86. The molecule has 2 aliphatic heterocycles. The summed E-state index contributed by atoms with van der Waals surface area (Å²) in [5, 5.41) is 6.94. The number of ether oxygens (including phenoxy) is 1. The molecule has 2 bridgehead atoms. The van der Waals surface area contributed by atoms with E-state index in [1.165, 1.54) is 32.1 Å². The minimum absolute atomic E-state index is 0.404. The highest BCUT2D eigenvalue weighted by Crippen LogP contribution is 2.34. The van der Waals surface area contributed by atoms with Gasteiger partial charge in [0.15, 0.2) is 5.96 Å². The van der Waals surface area contributed by atoms with Gasteiger partial charge in [-0.2, -0.15) is 0 Å². The van der Waals surface area contributed by atoms with E-state index in [1.807, 2.05) is 7.05 Å². The highest BCUT2D eigenvalue weighted by Gasteiger charge is 2.41. The Kier molecular flexibility index (Phi) is 4.06. The minimum atomic E-state index is 0.404. The van der Waals surface area contributed by atoms with Gasteiger partial charge >= 0.3 is 0 Å². The fraction of sp³-hybridized carbons (Fsp3) is 0.800. The fourth-order valence-corrected chi connectivity index (χ4v) is 3.47. The number of allylic oxidation sites excluding steroid dienone is 1. The van der Waals surface area contributed by atoms with E-state index in [-0.39, 0.29) is 0 Å². The van der Waals surface area contributed by atoms with Gasteiger partial charge in [0, 0.05) is 13.6 Å². The van der Waals surface area contributed by atoms with Crippen LogP contribution in [0.1, 0.15) is 44.9 Å². The monoisotopic (exact) mass is 263 g/mol. The van der Waals surface area contributed by atoms with E-state index in [4.69, 9.17) is 4.74 Å². The Morgan fingerprint density at radius 3 is 3.05 bits per heavy atom. The van der Waals surface area contributed by atoms with Gasteiger partial charge in [-0.1, -0.05) is 11.6 Å². The van der Waals surface area contributed by atoms with Crippen LogP contribution in [0.3, 0.4) is 0 Å². The van der Waals surface area contributed by atoms with Crippen molar-refractivity contribution >= 4 is 5.96 Å². The second kappa shape index (κ2) is 5.95. The Morgan fingerprint density at radius 2 is 2.42 bits per heavy atom. The summed E-state index contributed by atoms with van der Waals surface area (Å²) in [5.41, 5.74) is 1.60. The van der Waals surface area contributed by atoms with Crippen LogP contribution in [0.25, 0.3) is 0 Å². The van der Waals surface area contributed by atoms with E-state index in [1.54, 1.807) is 5.57 Å². The summed E-state index contributed by atoms with van der Waals surface area (Å²) in [4.78, 5) is 4.32. The molecule has 0 aromatic carbocycles. The van der Waals surface area contributed by atoms with E-state index in [9.17, 15) is 0 Å². The molecule has 0 aromatic rings. The lowest BCUT2D eigenvalue weighted by atomic mass is 9.96. The van der Waals surface area contributed by atoms with E-state index in [0.717, 1.165) is 25.3 Å². The zero-order chi connectivity index (χ0) is 13.1. The van der Waals surface area contributed by atoms with Crippen molar-refractivity contribution in [3.8, 4) is 0 Å². The van der Waals surface area contributed by atoms with Gasteiger partial charge in [0.1, 0.15) is 0 Å². The predicted molar refractivity (Wildman–Crippen MR) is 77.3 cm³/mol. The van der Waals surface area contributed by atoms with Gasteiger partial charge in [-0.05, 0) is 44.9 Å². The maximum Gasteiger partial charge on any atom is 0.191 e. The SMILES string of the molecule is CN=C(NCCC1=CCCC1)NC1CC2CCC1O2. The van der Waals surface area contributed by atoms with Gasteiger partial charge in [-0.25, -0.2) is 0 Å². The largest absolute Gasteiger partial charge is 0.373 e. The van der Waals surface area contributed by atoms with Crippen molar-refractivity contribution in [3.63, 3.8) is 0 Å². The van der Waals surface area contributed by atoms with Gasteiger partial charge < -0.3 is 15.4 Å². The molecule has 3 aliphatic rings. The summed E-state index contributed by atoms with van der Waals surface area (Å²) >= 11 is 0. The first-order valence-electron chi connectivity index (χ1n) is 7.65. The van der Waals surface area contributed by atoms with E-state index >= 15 is 0 Å². The molecule has 2 saturated heterocycles. The van der Waals surface area contributed by atoms with Gasteiger partial charge in [0.25, 0.3) is 0 Å². The van der Waals surface area contributed by atoms with Crippen LogP contribution in [-0.2, 0) is 4.74 Å². The lowest BCUT2D eigenvalue weighted by Gasteiger charge is -2.22. The first-order valence-corrected chi connectivity index (χ1v) is 7.65. The van der Waals surface area contributed by atoms with Crippen molar-refractivity contribution in [1.82, 2.24) is 10.6 Å². The molecule has 0 spiro atoms.